The second kappa shape index (κ2) is 14.5. The topological polar surface area (TPSA) is 6.48 Å². The average Bonchev–Trinajstić information content (AvgIpc) is 3.91. The monoisotopic (exact) mass is 776 g/mol. The average molecular weight is 777 g/mol. The summed E-state index contributed by atoms with van der Waals surface area (Å²) < 4.78 is 2.61. The van der Waals surface area contributed by atoms with Gasteiger partial charge in [0.15, 0.2) is 0 Å². The van der Waals surface area contributed by atoms with Gasteiger partial charge in [0.05, 0.1) is 11.4 Å². The quantitative estimate of drug-likeness (QED) is 0.152. The lowest BCUT2D eigenvalue weighted by molar-refractivity contribution is 1.30. The highest BCUT2D eigenvalue weighted by molar-refractivity contribution is 7.23. The van der Waals surface area contributed by atoms with Gasteiger partial charge < -0.3 is 9.80 Å². The first kappa shape index (κ1) is 34.3. The summed E-state index contributed by atoms with van der Waals surface area (Å²) in [5, 5.41) is 7.50. The fourth-order valence-electron chi connectivity index (χ4n) is 8.22. The van der Waals surface area contributed by atoms with Crippen LogP contribution in [0.15, 0.2) is 218 Å². The lowest BCUT2D eigenvalue weighted by Gasteiger charge is -2.27. The summed E-state index contributed by atoms with van der Waals surface area (Å²) in [6, 6.07) is 79.2. The molecule has 0 amide bonds. The minimum Gasteiger partial charge on any atom is -0.310 e. The van der Waals surface area contributed by atoms with E-state index >= 15 is 0 Å². The standard InChI is InChI=1S/C54H36N2S2/c1-3-17-43(18-4-1)55(49-23-11-15-37-13-7-9-21-47(37)49)45-29-25-39(26-30-45)51-33-41-35-54-42(36-53(41)57-51)34-52(58-54)40-27-31-46(32-28-40)56(44-19-5-2-6-20-44)50-24-12-16-38-14-8-10-22-48(38)50/h1-36H. The van der Waals surface area contributed by atoms with E-state index in [0.717, 1.165) is 22.7 Å². The van der Waals surface area contributed by atoms with Crippen molar-refractivity contribution in [3.05, 3.63) is 218 Å². The Morgan fingerprint density at radius 3 is 1.07 bits per heavy atom. The SMILES string of the molecule is c1ccc(N(c2ccc(-c3cc4cc5sc(-c6ccc(N(c7ccccc7)c7cccc8ccccc78)cc6)cc5cc4s3)cc2)c2cccc3ccccc23)cc1. The summed E-state index contributed by atoms with van der Waals surface area (Å²) in [5.74, 6) is 0. The Bertz CT molecular complexity index is 2940. The zero-order chi connectivity index (χ0) is 38.4. The van der Waals surface area contributed by atoms with Gasteiger partial charge in [-0.05, 0) is 118 Å². The van der Waals surface area contributed by atoms with Crippen LogP contribution in [0, 0.1) is 0 Å². The van der Waals surface area contributed by atoms with Gasteiger partial charge in [0.1, 0.15) is 0 Å². The summed E-state index contributed by atoms with van der Waals surface area (Å²) in [6.45, 7) is 0. The van der Waals surface area contributed by atoms with Crippen molar-refractivity contribution in [1.82, 2.24) is 0 Å². The van der Waals surface area contributed by atoms with Crippen molar-refractivity contribution in [1.29, 1.82) is 0 Å². The molecular weight excluding hydrogens is 741 g/mol. The molecule has 2 aromatic heterocycles. The van der Waals surface area contributed by atoms with Gasteiger partial charge in [-0.2, -0.15) is 0 Å². The Labute approximate surface area is 345 Å². The van der Waals surface area contributed by atoms with Crippen molar-refractivity contribution in [3.63, 3.8) is 0 Å². The molecule has 0 saturated carbocycles. The minimum absolute atomic E-state index is 1.13. The van der Waals surface area contributed by atoms with Crippen LogP contribution in [0.1, 0.15) is 0 Å². The lowest BCUT2D eigenvalue weighted by atomic mass is 10.1. The van der Waals surface area contributed by atoms with Crippen LogP contribution in [0.2, 0.25) is 0 Å². The molecule has 11 rings (SSSR count). The predicted octanol–water partition coefficient (Wildman–Crippen LogP) is 16.7. The molecule has 0 N–H and O–H groups in total. The van der Waals surface area contributed by atoms with Gasteiger partial charge in [-0.3, -0.25) is 0 Å². The molecule has 9 aromatic carbocycles. The Morgan fingerprint density at radius 2 is 0.638 bits per heavy atom. The molecule has 11 aromatic rings. The van der Waals surface area contributed by atoms with Crippen molar-refractivity contribution in [2.75, 3.05) is 9.80 Å². The lowest BCUT2D eigenvalue weighted by Crippen LogP contribution is -2.10. The van der Waals surface area contributed by atoms with E-state index in [4.69, 9.17) is 0 Å². The number of para-hydroxylation sites is 2. The molecule has 0 radical (unpaired) electrons. The summed E-state index contributed by atoms with van der Waals surface area (Å²) >= 11 is 3.73. The van der Waals surface area contributed by atoms with Gasteiger partial charge in [0.25, 0.3) is 0 Å². The molecule has 0 spiro atoms. The van der Waals surface area contributed by atoms with Gasteiger partial charge in [-0.15, -0.1) is 22.7 Å². The number of rotatable bonds is 8. The number of nitrogens with zero attached hydrogens (tertiary/aromatic N) is 2. The van der Waals surface area contributed by atoms with Crippen molar-refractivity contribution in [3.8, 4) is 20.9 Å². The molecule has 58 heavy (non-hydrogen) atoms. The van der Waals surface area contributed by atoms with Gasteiger partial charge in [0, 0.05) is 52.7 Å². The van der Waals surface area contributed by atoms with E-state index in [-0.39, 0.29) is 0 Å². The van der Waals surface area contributed by atoms with E-state index in [1.54, 1.807) is 0 Å². The number of fused-ring (bicyclic) bond motifs is 4. The Kier molecular flexibility index (Phi) is 8.58. The first-order valence-corrected chi connectivity index (χ1v) is 21.2. The summed E-state index contributed by atoms with van der Waals surface area (Å²) in [5.41, 5.74) is 9.34. The van der Waals surface area contributed by atoms with Gasteiger partial charge in [-0.1, -0.05) is 133 Å². The van der Waals surface area contributed by atoms with Crippen LogP contribution in [-0.2, 0) is 0 Å². The van der Waals surface area contributed by atoms with E-state index in [1.807, 2.05) is 22.7 Å². The van der Waals surface area contributed by atoms with Gasteiger partial charge in [-0.25, -0.2) is 0 Å². The smallest absolute Gasteiger partial charge is 0.0540 e. The number of hydrogen-bond acceptors (Lipinski definition) is 4. The third-order valence-corrected chi connectivity index (χ3v) is 13.3. The fourth-order valence-corrected chi connectivity index (χ4v) is 10.4. The maximum atomic E-state index is 2.37. The fraction of sp³-hybridized carbons (Fsp3) is 0. The second-order valence-corrected chi connectivity index (χ2v) is 16.7. The van der Waals surface area contributed by atoms with Gasteiger partial charge >= 0.3 is 0 Å². The first-order valence-electron chi connectivity index (χ1n) is 19.6. The first-order chi connectivity index (χ1) is 28.7. The number of anilines is 6. The molecule has 274 valence electrons. The molecule has 0 aliphatic rings. The van der Waals surface area contributed by atoms with Crippen LogP contribution in [0.4, 0.5) is 34.1 Å². The molecule has 0 fully saturated rings. The Hall–Kier alpha value is -6.98. The number of hydrogen-bond donors (Lipinski definition) is 0. The minimum atomic E-state index is 1.13. The van der Waals surface area contributed by atoms with E-state index in [9.17, 15) is 0 Å². The third-order valence-electron chi connectivity index (χ3n) is 11.0. The van der Waals surface area contributed by atoms with Crippen molar-refractivity contribution in [2.24, 2.45) is 0 Å². The summed E-state index contributed by atoms with van der Waals surface area (Å²) in [4.78, 5) is 7.28. The van der Waals surface area contributed by atoms with E-state index < -0.39 is 0 Å². The van der Waals surface area contributed by atoms with Crippen molar-refractivity contribution in [2.45, 2.75) is 0 Å². The van der Waals surface area contributed by atoms with Crippen LogP contribution in [0.3, 0.4) is 0 Å². The molecular formula is C54H36N2S2. The van der Waals surface area contributed by atoms with Crippen LogP contribution in [0.25, 0.3) is 62.6 Å². The molecule has 4 heteroatoms. The molecule has 0 aliphatic carbocycles. The van der Waals surface area contributed by atoms with Gasteiger partial charge in [0.2, 0.25) is 0 Å². The molecule has 0 saturated heterocycles. The van der Waals surface area contributed by atoms with E-state index in [1.165, 1.54) is 74.0 Å². The maximum Gasteiger partial charge on any atom is 0.0540 e. The largest absolute Gasteiger partial charge is 0.310 e. The highest BCUT2D eigenvalue weighted by atomic mass is 32.1. The van der Waals surface area contributed by atoms with Crippen LogP contribution in [0.5, 0.6) is 0 Å². The molecule has 2 heterocycles. The summed E-state index contributed by atoms with van der Waals surface area (Å²) in [7, 11) is 0. The van der Waals surface area contributed by atoms with E-state index in [0.29, 0.717) is 0 Å². The van der Waals surface area contributed by atoms with E-state index in [2.05, 4.69) is 228 Å². The highest BCUT2D eigenvalue weighted by Crippen LogP contribution is 2.44. The molecule has 0 atom stereocenters. The molecule has 0 aliphatic heterocycles. The zero-order valence-corrected chi connectivity index (χ0v) is 33.1. The van der Waals surface area contributed by atoms with Crippen LogP contribution in [-0.4, -0.2) is 0 Å². The second-order valence-electron chi connectivity index (χ2n) is 14.6. The van der Waals surface area contributed by atoms with Crippen molar-refractivity contribution >= 4 is 98.5 Å². The number of thiophene rings is 2. The highest BCUT2D eigenvalue weighted by Gasteiger charge is 2.18. The number of benzene rings is 9. The Morgan fingerprint density at radius 1 is 0.276 bits per heavy atom. The molecule has 2 nitrogen and oxygen atoms in total. The normalized spacial score (nSPS) is 11.4. The third kappa shape index (κ3) is 6.20. The molecule has 0 bridgehead atoms. The predicted molar refractivity (Wildman–Crippen MR) is 252 cm³/mol. The summed E-state index contributed by atoms with van der Waals surface area (Å²) in [6.07, 6.45) is 0. The maximum absolute atomic E-state index is 2.37. The van der Waals surface area contributed by atoms with Crippen LogP contribution < -0.4 is 9.80 Å². The van der Waals surface area contributed by atoms with Crippen molar-refractivity contribution < 1.29 is 0 Å². The van der Waals surface area contributed by atoms with Crippen LogP contribution >= 0.6 is 22.7 Å². The zero-order valence-electron chi connectivity index (χ0n) is 31.5. The molecule has 0 unspecified atom stereocenters. The Balaban J connectivity index is 0.893.